The van der Waals surface area contributed by atoms with E-state index in [4.69, 9.17) is 5.11 Å². The minimum Gasteiger partial charge on any atom is -0.481 e. The molecule has 0 fully saturated rings. The van der Waals surface area contributed by atoms with Crippen LogP contribution in [0.3, 0.4) is 0 Å². The summed E-state index contributed by atoms with van der Waals surface area (Å²) in [4.78, 5) is 28.7. The molecule has 5 nitrogen and oxygen atoms in total. The van der Waals surface area contributed by atoms with E-state index in [9.17, 15) is 9.59 Å². The molecule has 18 heavy (non-hydrogen) atoms. The van der Waals surface area contributed by atoms with Gasteiger partial charge in [-0.2, -0.15) is 0 Å². The van der Waals surface area contributed by atoms with Gasteiger partial charge in [0.2, 0.25) is 5.91 Å². The SMILES string of the molecule is Cc1nc(CN(C)C(=O)C(C)C(C)C(=O)O)cs1. The normalized spacial score (nSPS) is 14.0. The number of nitrogens with zero attached hydrogens (tertiary/aromatic N) is 2. The number of carboxylic acids is 1. The van der Waals surface area contributed by atoms with Gasteiger partial charge < -0.3 is 10.0 Å². The highest BCUT2D eigenvalue weighted by Crippen LogP contribution is 2.16. The van der Waals surface area contributed by atoms with Crippen molar-refractivity contribution in [1.29, 1.82) is 0 Å². The summed E-state index contributed by atoms with van der Waals surface area (Å²) < 4.78 is 0. The van der Waals surface area contributed by atoms with Crippen molar-refractivity contribution in [2.75, 3.05) is 7.05 Å². The van der Waals surface area contributed by atoms with E-state index in [1.54, 1.807) is 20.9 Å². The van der Waals surface area contributed by atoms with Gasteiger partial charge in [0.15, 0.2) is 0 Å². The molecule has 0 spiro atoms. The van der Waals surface area contributed by atoms with Crippen molar-refractivity contribution in [3.05, 3.63) is 16.1 Å². The van der Waals surface area contributed by atoms with Crippen molar-refractivity contribution < 1.29 is 14.7 Å². The van der Waals surface area contributed by atoms with Crippen molar-refractivity contribution in [2.24, 2.45) is 11.8 Å². The summed E-state index contributed by atoms with van der Waals surface area (Å²) in [7, 11) is 1.67. The number of aryl methyl sites for hydroxylation is 1. The molecule has 0 aromatic carbocycles. The van der Waals surface area contributed by atoms with Crippen LogP contribution in [0.4, 0.5) is 0 Å². The lowest BCUT2D eigenvalue weighted by molar-refractivity contribution is -0.148. The second-order valence-electron chi connectivity index (χ2n) is 4.47. The molecular formula is C12H18N2O3S. The summed E-state index contributed by atoms with van der Waals surface area (Å²) in [6.07, 6.45) is 0. The predicted octanol–water partition coefficient (Wildman–Crippen LogP) is 1.77. The lowest BCUT2D eigenvalue weighted by Crippen LogP contribution is -2.36. The third-order valence-electron chi connectivity index (χ3n) is 2.97. The molecule has 1 rings (SSSR count). The van der Waals surface area contributed by atoms with Gasteiger partial charge >= 0.3 is 5.97 Å². The molecule has 1 N–H and O–H groups in total. The van der Waals surface area contributed by atoms with Crippen LogP contribution < -0.4 is 0 Å². The Hall–Kier alpha value is -1.43. The molecule has 0 bridgehead atoms. The van der Waals surface area contributed by atoms with E-state index in [0.717, 1.165) is 10.7 Å². The highest BCUT2D eigenvalue weighted by Gasteiger charge is 2.28. The predicted molar refractivity (Wildman–Crippen MR) is 69.3 cm³/mol. The molecule has 2 atom stereocenters. The molecule has 1 amide bonds. The summed E-state index contributed by atoms with van der Waals surface area (Å²) in [5.74, 6) is -2.34. The van der Waals surface area contributed by atoms with E-state index < -0.39 is 17.8 Å². The number of aliphatic carboxylic acids is 1. The molecule has 2 unspecified atom stereocenters. The van der Waals surface area contributed by atoms with Gasteiger partial charge in [-0.15, -0.1) is 11.3 Å². The first kappa shape index (κ1) is 14.6. The van der Waals surface area contributed by atoms with E-state index in [2.05, 4.69) is 4.98 Å². The third-order valence-corrected chi connectivity index (χ3v) is 3.79. The summed E-state index contributed by atoms with van der Waals surface area (Å²) >= 11 is 1.53. The maximum atomic E-state index is 12.0. The fourth-order valence-electron chi connectivity index (χ4n) is 1.58. The summed E-state index contributed by atoms with van der Waals surface area (Å²) in [5, 5.41) is 11.8. The van der Waals surface area contributed by atoms with Crippen molar-refractivity contribution in [2.45, 2.75) is 27.3 Å². The zero-order valence-electron chi connectivity index (χ0n) is 11.0. The Bertz CT molecular complexity index is 444. The second kappa shape index (κ2) is 5.95. The third kappa shape index (κ3) is 3.53. The molecule has 0 radical (unpaired) electrons. The maximum Gasteiger partial charge on any atom is 0.307 e. The molecular weight excluding hydrogens is 252 g/mol. The van der Waals surface area contributed by atoms with E-state index >= 15 is 0 Å². The quantitative estimate of drug-likeness (QED) is 0.885. The van der Waals surface area contributed by atoms with Gasteiger partial charge in [-0.25, -0.2) is 4.98 Å². The number of thiazole rings is 1. The second-order valence-corrected chi connectivity index (χ2v) is 5.53. The topological polar surface area (TPSA) is 70.5 Å². The van der Waals surface area contributed by atoms with Crippen molar-refractivity contribution >= 4 is 23.2 Å². The number of carbonyl (C=O) groups is 2. The molecule has 0 aliphatic heterocycles. The number of aromatic nitrogens is 1. The minimum atomic E-state index is -0.950. The van der Waals surface area contributed by atoms with E-state index in [0.29, 0.717) is 6.54 Å². The van der Waals surface area contributed by atoms with Crippen LogP contribution in [0.2, 0.25) is 0 Å². The monoisotopic (exact) mass is 270 g/mol. The minimum absolute atomic E-state index is 0.171. The molecule has 1 heterocycles. The molecule has 100 valence electrons. The van der Waals surface area contributed by atoms with Crippen LogP contribution in [0.1, 0.15) is 24.5 Å². The van der Waals surface area contributed by atoms with E-state index in [1.807, 2.05) is 12.3 Å². The number of hydrogen-bond donors (Lipinski definition) is 1. The Morgan fingerprint density at radius 1 is 1.44 bits per heavy atom. The summed E-state index contributed by atoms with van der Waals surface area (Å²) in [6.45, 7) is 5.51. The van der Waals surface area contributed by atoms with Crippen LogP contribution in [0.15, 0.2) is 5.38 Å². The van der Waals surface area contributed by atoms with Gasteiger partial charge in [0.1, 0.15) is 0 Å². The Morgan fingerprint density at radius 3 is 2.50 bits per heavy atom. The Kier molecular flexibility index (Phi) is 4.84. The molecule has 6 heteroatoms. The zero-order valence-corrected chi connectivity index (χ0v) is 11.8. The molecule has 0 saturated heterocycles. The first-order chi connectivity index (χ1) is 8.32. The highest BCUT2D eigenvalue weighted by molar-refractivity contribution is 7.09. The van der Waals surface area contributed by atoms with Gasteiger partial charge in [-0.3, -0.25) is 9.59 Å². The van der Waals surface area contributed by atoms with E-state index in [-0.39, 0.29) is 5.91 Å². The first-order valence-corrected chi connectivity index (χ1v) is 6.59. The van der Waals surface area contributed by atoms with Crippen molar-refractivity contribution in [1.82, 2.24) is 9.88 Å². The number of carbonyl (C=O) groups excluding carboxylic acids is 1. The van der Waals surface area contributed by atoms with Crippen LogP contribution in [-0.4, -0.2) is 33.9 Å². The van der Waals surface area contributed by atoms with Crippen LogP contribution >= 0.6 is 11.3 Å². The molecule has 1 aromatic rings. The lowest BCUT2D eigenvalue weighted by Gasteiger charge is -2.22. The smallest absolute Gasteiger partial charge is 0.307 e. The van der Waals surface area contributed by atoms with Gasteiger partial charge in [0.25, 0.3) is 0 Å². The lowest BCUT2D eigenvalue weighted by atomic mass is 9.95. The summed E-state index contributed by atoms with van der Waals surface area (Å²) in [6, 6.07) is 0. The zero-order chi connectivity index (χ0) is 13.9. The number of carboxylic acid groups (broad SMARTS) is 1. The van der Waals surface area contributed by atoms with E-state index in [1.165, 1.54) is 16.2 Å². The standard InChI is InChI=1S/C12H18N2O3S/c1-7(8(2)12(16)17)11(15)14(4)5-10-6-18-9(3)13-10/h6-8H,5H2,1-4H3,(H,16,17). The number of amides is 1. The van der Waals surface area contributed by atoms with Crippen LogP contribution in [-0.2, 0) is 16.1 Å². The van der Waals surface area contributed by atoms with Crippen molar-refractivity contribution in [3.8, 4) is 0 Å². The van der Waals surface area contributed by atoms with Crippen molar-refractivity contribution in [3.63, 3.8) is 0 Å². The largest absolute Gasteiger partial charge is 0.481 e. The summed E-state index contributed by atoms with van der Waals surface area (Å²) in [5.41, 5.74) is 0.837. The molecule has 0 aliphatic carbocycles. The first-order valence-electron chi connectivity index (χ1n) is 5.71. The van der Waals surface area contributed by atoms with Crippen LogP contribution in [0.25, 0.3) is 0 Å². The van der Waals surface area contributed by atoms with Gasteiger partial charge in [-0.05, 0) is 6.92 Å². The van der Waals surface area contributed by atoms with Crippen LogP contribution in [0.5, 0.6) is 0 Å². The average Bonchev–Trinajstić information content (AvgIpc) is 2.71. The maximum absolute atomic E-state index is 12.0. The van der Waals surface area contributed by atoms with Crippen LogP contribution in [0, 0.1) is 18.8 Å². The van der Waals surface area contributed by atoms with Gasteiger partial charge in [0.05, 0.1) is 23.2 Å². The highest BCUT2D eigenvalue weighted by atomic mass is 32.1. The average molecular weight is 270 g/mol. The number of hydrogen-bond acceptors (Lipinski definition) is 4. The Labute approximate surface area is 110 Å². The molecule has 0 saturated carbocycles. The number of rotatable bonds is 5. The molecule has 1 aromatic heterocycles. The Balaban J connectivity index is 2.63. The van der Waals surface area contributed by atoms with Gasteiger partial charge in [-0.1, -0.05) is 13.8 Å². The molecule has 0 aliphatic rings. The van der Waals surface area contributed by atoms with Gasteiger partial charge in [0, 0.05) is 18.3 Å². The fourth-order valence-corrected chi connectivity index (χ4v) is 2.18. The fraction of sp³-hybridized carbons (Fsp3) is 0.583. The Morgan fingerprint density at radius 2 is 2.06 bits per heavy atom.